The van der Waals surface area contributed by atoms with Crippen molar-refractivity contribution in [1.29, 1.82) is 0 Å². The molecule has 0 radical (unpaired) electrons. The molecular weight excluding hydrogens is 400 g/mol. The third-order valence-corrected chi connectivity index (χ3v) is 5.91. The van der Waals surface area contributed by atoms with E-state index in [4.69, 9.17) is 4.74 Å². The first kappa shape index (κ1) is 21.8. The summed E-state index contributed by atoms with van der Waals surface area (Å²) in [6.07, 6.45) is 0. The number of aromatic amines is 1. The summed E-state index contributed by atoms with van der Waals surface area (Å²) in [5, 5.41) is 8.69. The number of ether oxygens (including phenoxy) is 1. The fourth-order valence-corrected chi connectivity index (χ4v) is 4.38. The van der Waals surface area contributed by atoms with Gasteiger partial charge in [0, 0.05) is 11.4 Å². The molecule has 1 atom stereocenters. The first-order chi connectivity index (χ1) is 14.2. The Hall–Kier alpha value is -2.87. The van der Waals surface area contributed by atoms with Gasteiger partial charge in [0.05, 0.1) is 23.1 Å². The molecule has 0 spiro atoms. The molecule has 0 fully saturated rings. The molecule has 1 N–H and O–H groups in total. The van der Waals surface area contributed by atoms with Crippen molar-refractivity contribution in [3.8, 4) is 5.69 Å². The summed E-state index contributed by atoms with van der Waals surface area (Å²) >= 11 is 1.34. The van der Waals surface area contributed by atoms with Gasteiger partial charge < -0.3 is 9.72 Å². The van der Waals surface area contributed by atoms with Gasteiger partial charge in [-0.1, -0.05) is 23.9 Å². The van der Waals surface area contributed by atoms with Crippen LogP contribution in [0.1, 0.15) is 57.3 Å². The van der Waals surface area contributed by atoms with Gasteiger partial charge >= 0.3 is 5.97 Å². The number of benzene rings is 1. The summed E-state index contributed by atoms with van der Waals surface area (Å²) in [6.45, 7) is 11.3. The van der Waals surface area contributed by atoms with Crippen molar-refractivity contribution in [2.45, 2.75) is 51.9 Å². The van der Waals surface area contributed by atoms with Crippen LogP contribution in [0.15, 0.2) is 29.4 Å². The van der Waals surface area contributed by atoms with Gasteiger partial charge in [0.25, 0.3) is 0 Å². The number of hydrogen-bond donors (Lipinski definition) is 1. The van der Waals surface area contributed by atoms with Crippen LogP contribution in [0.25, 0.3) is 5.69 Å². The lowest BCUT2D eigenvalue weighted by atomic mass is 10.1. The normalized spacial score (nSPS) is 12.1. The molecule has 1 aromatic carbocycles. The van der Waals surface area contributed by atoms with Crippen LogP contribution < -0.4 is 0 Å². The minimum Gasteiger partial charge on any atom is -0.462 e. The largest absolute Gasteiger partial charge is 0.462 e. The summed E-state index contributed by atoms with van der Waals surface area (Å²) in [6, 6.07) is 8.05. The van der Waals surface area contributed by atoms with Crippen LogP contribution >= 0.6 is 11.8 Å². The van der Waals surface area contributed by atoms with E-state index in [-0.39, 0.29) is 12.4 Å². The van der Waals surface area contributed by atoms with Crippen LogP contribution in [0.3, 0.4) is 0 Å². The number of ketones is 1. The highest BCUT2D eigenvalue weighted by molar-refractivity contribution is 8.00. The number of H-pyrrole nitrogens is 1. The SMILES string of the molecule is CCOC(=O)c1c(C)[nH]c(C(=O)C(C)Sc2nnc(C)n2-c2cccc(C)c2)c1C. The second-order valence-electron chi connectivity index (χ2n) is 7.17. The Bertz CT molecular complexity index is 1100. The van der Waals surface area contributed by atoms with Gasteiger partial charge in [-0.15, -0.1) is 10.2 Å². The summed E-state index contributed by atoms with van der Waals surface area (Å²) in [4.78, 5) is 28.5. The number of hydrogen-bond acceptors (Lipinski definition) is 6. The molecule has 3 rings (SSSR count). The number of Topliss-reactive ketones (excluding diaryl/α,β-unsaturated/α-hetero) is 1. The summed E-state index contributed by atoms with van der Waals surface area (Å²) in [5.74, 6) is 0.227. The monoisotopic (exact) mass is 426 g/mol. The van der Waals surface area contributed by atoms with E-state index in [1.807, 2.05) is 43.5 Å². The lowest BCUT2D eigenvalue weighted by molar-refractivity contribution is 0.0525. The number of aromatic nitrogens is 4. The Labute approximate surface area is 180 Å². The summed E-state index contributed by atoms with van der Waals surface area (Å²) in [5.41, 5.74) is 4.18. The highest BCUT2D eigenvalue weighted by atomic mass is 32.2. The molecule has 7 nitrogen and oxygen atoms in total. The molecule has 30 heavy (non-hydrogen) atoms. The Balaban J connectivity index is 1.88. The lowest BCUT2D eigenvalue weighted by Crippen LogP contribution is -2.16. The number of thioether (sulfide) groups is 1. The van der Waals surface area contributed by atoms with Gasteiger partial charge in [-0.05, 0) is 64.8 Å². The number of carbonyl (C=O) groups is 2. The molecule has 0 saturated carbocycles. The Morgan fingerprint density at radius 3 is 2.60 bits per heavy atom. The van der Waals surface area contributed by atoms with Crippen LogP contribution in [0.5, 0.6) is 0 Å². The first-order valence-corrected chi connectivity index (χ1v) is 10.7. The van der Waals surface area contributed by atoms with Crippen LogP contribution in [0.4, 0.5) is 0 Å². The van der Waals surface area contributed by atoms with Gasteiger partial charge in [0.15, 0.2) is 10.9 Å². The zero-order valence-corrected chi connectivity index (χ0v) is 18.9. The summed E-state index contributed by atoms with van der Waals surface area (Å²) in [7, 11) is 0. The maximum Gasteiger partial charge on any atom is 0.340 e. The standard InChI is InChI=1S/C22H26N4O3S/c1-7-29-21(28)18-13(3)19(23-14(18)4)20(27)15(5)30-22-25-24-16(6)26(22)17-10-8-9-12(2)11-17/h8-11,15,23H,7H2,1-6H3. The molecule has 0 saturated heterocycles. The molecule has 0 amide bonds. The van der Waals surface area contributed by atoms with E-state index in [0.29, 0.717) is 27.7 Å². The zero-order valence-electron chi connectivity index (χ0n) is 18.1. The average Bonchev–Trinajstić information content (AvgIpc) is 3.20. The molecule has 0 aliphatic rings. The van der Waals surface area contributed by atoms with Gasteiger partial charge in [0.1, 0.15) is 5.82 Å². The molecular formula is C22H26N4O3S. The number of nitrogens with zero attached hydrogens (tertiary/aromatic N) is 3. The van der Waals surface area contributed by atoms with Gasteiger partial charge in [0.2, 0.25) is 0 Å². The molecule has 0 bridgehead atoms. The molecule has 0 aliphatic heterocycles. The fourth-order valence-electron chi connectivity index (χ4n) is 3.40. The van der Waals surface area contributed by atoms with Crippen LogP contribution in [-0.2, 0) is 4.74 Å². The third kappa shape index (κ3) is 4.18. The number of esters is 1. The zero-order chi connectivity index (χ0) is 22.0. The van der Waals surface area contributed by atoms with Gasteiger partial charge in [-0.2, -0.15) is 0 Å². The minimum atomic E-state index is -0.427. The first-order valence-electron chi connectivity index (χ1n) is 9.80. The van der Waals surface area contributed by atoms with Gasteiger partial charge in [-0.25, -0.2) is 4.79 Å². The maximum atomic E-state index is 13.2. The number of carbonyl (C=O) groups excluding carboxylic acids is 2. The van der Waals surface area contributed by atoms with Gasteiger partial charge in [-0.3, -0.25) is 9.36 Å². The van der Waals surface area contributed by atoms with E-state index in [0.717, 1.165) is 17.1 Å². The molecule has 1 unspecified atom stereocenters. The average molecular weight is 427 g/mol. The lowest BCUT2D eigenvalue weighted by Gasteiger charge is -2.12. The number of aryl methyl sites for hydroxylation is 3. The van der Waals surface area contributed by atoms with Crippen LogP contribution in [-0.4, -0.2) is 43.4 Å². The van der Waals surface area contributed by atoms with Crippen LogP contribution in [0.2, 0.25) is 0 Å². The molecule has 8 heteroatoms. The quantitative estimate of drug-likeness (QED) is 0.343. The smallest absolute Gasteiger partial charge is 0.340 e. The number of rotatable bonds is 7. The number of nitrogens with one attached hydrogen (secondary N) is 1. The second kappa shape index (κ2) is 8.87. The van der Waals surface area contributed by atoms with E-state index < -0.39 is 11.2 Å². The Morgan fingerprint density at radius 2 is 1.93 bits per heavy atom. The predicted molar refractivity (Wildman–Crippen MR) is 117 cm³/mol. The second-order valence-corrected chi connectivity index (χ2v) is 8.48. The maximum absolute atomic E-state index is 13.2. The van der Waals surface area contributed by atoms with Crippen molar-refractivity contribution in [3.05, 3.63) is 58.2 Å². The van der Waals surface area contributed by atoms with E-state index in [1.165, 1.54) is 11.8 Å². The molecule has 158 valence electrons. The van der Waals surface area contributed by atoms with Crippen molar-refractivity contribution in [2.24, 2.45) is 0 Å². The molecule has 2 heterocycles. The highest BCUT2D eigenvalue weighted by Crippen LogP contribution is 2.29. The van der Waals surface area contributed by atoms with Crippen molar-refractivity contribution in [3.63, 3.8) is 0 Å². The molecule has 0 aliphatic carbocycles. The van der Waals surface area contributed by atoms with E-state index in [1.54, 1.807) is 20.8 Å². The Morgan fingerprint density at radius 1 is 1.20 bits per heavy atom. The van der Waals surface area contributed by atoms with Crippen molar-refractivity contribution < 1.29 is 14.3 Å². The van der Waals surface area contributed by atoms with E-state index in [2.05, 4.69) is 21.2 Å². The van der Waals surface area contributed by atoms with Crippen molar-refractivity contribution >= 4 is 23.5 Å². The van der Waals surface area contributed by atoms with Crippen LogP contribution in [0, 0.1) is 27.7 Å². The molecule has 3 aromatic rings. The minimum absolute atomic E-state index is 0.104. The topological polar surface area (TPSA) is 89.9 Å². The van der Waals surface area contributed by atoms with Crippen molar-refractivity contribution in [1.82, 2.24) is 19.7 Å². The van der Waals surface area contributed by atoms with E-state index >= 15 is 0 Å². The van der Waals surface area contributed by atoms with E-state index in [9.17, 15) is 9.59 Å². The summed E-state index contributed by atoms with van der Waals surface area (Å²) < 4.78 is 7.06. The Kier molecular flexibility index (Phi) is 6.45. The van der Waals surface area contributed by atoms with Crippen molar-refractivity contribution in [2.75, 3.05) is 6.61 Å². The fraction of sp³-hybridized carbons (Fsp3) is 0.364. The predicted octanol–water partition coefficient (Wildman–Crippen LogP) is 4.37. The highest BCUT2D eigenvalue weighted by Gasteiger charge is 2.27. The third-order valence-electron chi connectivity index (χ3n) is 4.87. The molecule has 2 aromatic heterocycles.